The van der Waals surface area contributed by atoms with Gasteiger partial charge in [0, 0.05) is 18.2 Å². The van der Waals surface area contributed by atoms with Gasteiger partial charge in [0.1, 0.15) is 17.0 Å². The molecule has 4 aromatic rings. The zero-order valence-electron chi connectivity index (χ0n) is 15.5. The maximum Gasteiger partial charge on any atom is 0.514 e. The van der Waals surface area contributed by atoms with E-state index in [2.05, 4.69) is 9.84 Å². The number of carbonyl (C=O) groups is 1. The average molecular weight is 374 g/mol. The number of benzene rings is 3. The lowest BCUT2D eigenvalue weighted by Gasteiger charge is -2.11. The standard InChI is InChI=1S/C22H18N2O4/c1-24-21(28-22(25)26-2)18-13-8-12-17(20(18)23-24)16-11-6-7-14-19(16)27-15-9-4-3-5-10-15/h3-14H,1-2H3. The molecule has 0 spiro atoms. The van der Waals surface area contributed by atoms with Gasteiger partial charge in [0.15, 0.2) is 0 Å². The Morgan fingerprint density at radius 2 is 1.61 bits per heavy atom. The minimum Gasteiger partial charge on any atom is -0.457 e. The monoisotopic (exact) mass is 374 g/mol. The van der Waals surface area contributed by atoms with Gasteiger partial charge in [-0.1, -0.05) is 48.5 Å². The van der Waals surface area contributed by atoms with Gasteiger partial charge in [-0.3, -0.25) is 0 Å². The van der Waals surface area contributed by atoms with Crippen LogP contribution in [-0.4, -0.2) is 23.0 Å². The second-order valence-corrected chi connectivity index (χ2v) is 6.10. The number of aryl methyl sites for hydroxylation is 1. The first-order valence-corrected chi connectivity index (χ1v) is 8.71. The number of methoxy groups -OCH3 is 1. The highest BCUT2D eigenvalue weighted by atomic mass is 16.7. The van der Waals surface area contributed by atoms with Crippen molar-refractivity contribution in [2.45, 2.75) is 0 Å². The second-order valence-electron chi connectivity index (χ2n) is 6.10. The van der Waals surface area contributed by atoms with Gasteiger partial charge in [0.2, 0.25) is 5.88 Å². The first-order chi connectivity index (χ1) is 13.7. The number of para-hydroxylation sites is 2. The summed E-state index contributed by atoms with van der Waals surface area (Å²) in [6.07, 6.45) is -0.789. The first kappa shape index (κ1) is 17.6. The predicted octanol–water partition coefficient (Wildman–Crippen LogP) is 5.18. The zero-order chi connectivity index (χ0) is 19.5. The van der Waals surface area contributed by atoms with Gasteiger partial charge in [-0.2, -0.15) is 5.10 Å². The molecule has 4 rings (SSSR count). The van der Waals surface area contributed by atoms with E-state index in [0.29, 0.717) is 22.5 Å². The van der Waals surface area contributed by atoms with E-state index >= 15 is 0 Å². The van der Waals surface area contributed by atoms with Crippen LogP contribution in [0.3, 0.4) is 0 Å². The van der Waals surface area contributed by atoms with E-state index in [9.17, 15) is 4.79 Å². The molecular formula is C22H18N2O4. The highest BCUT2D eigenvalue weighted by Gasteiger charge is 2.19. The molecule has 0 aliphatic carbocycles. The molecule has 0 N–H and O–H groups in total. The molecular weight excluding hydrogens is 356 g/mol. The summed E-state index contributed by atoms with van der Waals surface area (Å²) in [6.45, 7) is 0. The van der Waals surface area contributed by atoms with Gasteiger partial charge < -0.3 is 14.2 Å². The van der Waals surface area contributed by atoms with Crippen LogP contribution in [-0.2, 0) is 11.8 Å². The number of hydrogen-bond donors (Lipinski definition) is 0. The van der Waals surface area contributed by atoms with Crippen LogP contribution in [0.25, 0.3) is 22.0 Å². The Bertz CT molecular complexity index is 1140. The SMILES string of the molecule is COC(=O)Oc1c2cccc(-c3ccccc3Oc3ccccc3)c2nn1C. The van der Waals surface area contributed by atoms with Gasteiger partial charge in [-0.15, -0.1) is 0 Å². The smallest absolute Gasteiger partial charge is 0.457 e. The molecule has 3 aromatic carbocycles. The molecule has 0 radical (unpaired) electrons. The lowest BCUT2D eigenvalue weighted by atomic mass is 10.0. The van der Waals surface area contributed by atoms with E-state index in [1.807, 2.05) is 72.8 Å². The number of fused-ring (bicyclic) bond motifs is 1. The Morgan fingerprint density at radius 1 is 0.893 bits per heavy atom. The third-order valence-electron chi connectivity index (χ3n) is 4.31. The maximum atomic E-state index is 11.6. The molecule has 0 fully saturated rings. The van der Waals surface area contributed by atoms with Crippen molar-refractivity contribution < 1.29 is 19.0 Å². The molecule has 0 saturated carbocycles. The van der Waals surface area contributed by atoms with Crippen molar-refractivity contribution in [3.05, 3.63) is 72.8 Å². The highest BCUT2D eigenvalue weighted by molar-refractivity contribution is 5.98. The van der Waals surface area contributed by atoms with Gasteiger partial charge in [0.05, 0.1) is 12.5 Å². The van der Waals surface area contributed by atoms with E-state index in [1.54, 1.807) is 7.05 Å². The Labute approximate surface area is 161 Å². The van der Waals surface area contributed by atoms with Crippen LogP contribution in [0.4, 0.5) is 4.79 Å². The van der Waals surface area contributed by atoms with Crippen molar-refractivity contribution >= 4 is 17.1 Å². The fourth-order valence-corrected chi connectivity index (χ4v) is 3.05. The zero-order valence-corrected chi connectivity index (χ0v) is 15.5. The van der Waals surface area contributed by atoms with E-state index < -0.39 is 6.16 Å². The largest absolute Gasteiger partial charge is 0.514 e. The molecule has 1 heterocycles. The van der Waals surface area contributed by atoms with Gasteiger partial charge in [0.25, 0.3) is 0 Å². The summed E-state index contributed by atoms with van der Waals surface area (Å²) in [4.78, 5) is 11.6. The van der Waals surface area contributed by atoms with E-state index in [1.165, 1.54) is 11.8 Å². The van der Waals surface area contributed by atoms with Crippen molar-refractivity contribution in [2.24, 2.45) is 7.05 Å². The summed E-state index contributed by atoms with van der Waals surface area (Å²) in [7, 11) is 2.98. The predicted molar refractivity (Wildman–Crippen MR) is 106 cm³/mol. The molecule has 0 unspecified atom stereocenters. The maximum absolute atomic E-state index is 11.6. The van der Waals surface area contributed by atoms with Gasteiger partial charge >= 0.3 is 6.16 Å². The summed E-state index contributed by atoms with van der Waals surface area (Å²) in [5.74, 6) is 1.78. The third-order valence-corrected chi connectivity index (χ3v) is 4.31. The molecule has 0 atom stereocenters. The summed E-state index contributed by atoms with van der Waals surface area (Å²) in [5.41, 5.74) is 2.46. The molecule has 0 amide bonds. The molecule has 0 saturated heterocycles. The second kappa shape index (κ2) is 7.44. The van der Waals surface area contributed by atoms with E-state index in [0.717, 1.165) is 16.9 Å². The molecule has 1 aromatic heterocycles. The summed E-state index contributed by atoms with van der Waals surface area (Å²) in [5, 5.41) is 5.26. The molecule has 0 bridgehead atoms. The van der Waals surface area contributed by atoms with Crippen LogP contribution in [0.2, 0.25) is 0 Å². The van der Waals surface area contributed by atoms with Crippen molar-refractivity contribution in [2.75, 3.05) is 7.11 Å². The normalized spacial score (nSPS) is 10.6. The number of rotatable bonds is 4. The summed E-state index contributed by atoms with van der Waals surface area (Å²) < 4.78 is 17.5. The third kappa shape index (κ3) is 3.27. The number of nitrogens with zero attached hydrogens (tertiary/aromatic N) is 2. The van der Waals surface area contributed by atoms with Crippen LogP contribution in [0.1, 0.15) is 0 Å². The fraction of sp³-hybridized carbons (Fsp3) is 0.0909. The number of hydrogen-bond acceptors (Lipinski definition) is 5. The molecule has 0 aliphatic rings. The van der Waals surface area contributed by atoms with Crippen LogP contribution >= 0.6 is 0 Å². The summed E-state index contributed by atoms with van der Waals surface area (Å²) in [6, 6.07) is 23.1. The van der Waals surface area contributed by atoms with Crippen molar-refractivity contribution in [1.82, 2.24) is 9.78 Å². The highest BCUT2D eigenvalue weighted by Crippen LogP contribution is 2.38. The van der Waals surface area contributed by atoms with Crippen molar-refractivity contribution in [3.63, 3.8) is 0 Å². The Hall–Kier alpha value is -3.80. The van der Waals surface area contributed by atoms with Gasteiger partial charge in [-0.05, 0) is 24.3 Å². The van der Waals surface area contributed by atoms with Crippen LogP contribution in [0, 0.1) is 0 Å². The number of ether oxygens (including phenoxy) is 3. The molecule has 6 heteroatoms. The topological polar surface area (TPSA) is 62.6 Å². The molecule has 0 aliphatic heterocycles. The Morgan fingerprint density at radius 3 is 2.39 bits per heavy atom. The van der Waals surface area contributed by atoms with Crippen LogP contribution < -0.4 is 9.47 Å². The summed E-state index contributed by atoms with van der Waals surface area (Å²) >= 11 is 0. The average Bonchev–Trinajstić information content (AvgIpc) is 3.04. The van der Waals surface area contributed by atoms with Crippen LogP contribution in [0.15, 0.2) is 72.8 Å². The lowest BCUT2D eigenvalue weighted by molar-refractivity contribution is 0.118. The molecule has 6 nitrogen and oxygen atoms in total. The van der Waals surface area contributed by atoms with Crippen molar-refractivity contribution in [3.8, 4) is 28.5 Å². The first-order valence-electron chi connectivity index (χ1n) is 8.71. The number of aromatic nitrogens is 2. The Balaban J connectivity index is 1.82. The van der Waals surface area contributed by atoms with E-state index in [4.69, 9.17) is 9.47 Å². The number of carbonyl (C=O) groups excluding carboxylic acids is 1. The Kier molecular flexibility index (Phi) is 4.68. The minimum absolute atomic E-state index is 0.324. The molecule has 28 heavy (non-hydrogen) atoms. The minimum atomic E-state index is -0.789. The molecule has 140 valence electrons. The quantitative estimate of drug-likeness (QED) is 0.461. The fourth-order valence-electron chi connectivity index (χ4n) is 3.05. The van der Waals surface area contributed by atoms with Crippen molar-refractivity contribution in [1.29, 1.82) is 0 Å². The van der Waals surface area contributed by atoms with Gasteiger partial charge in [-0.25, -0.2) is 9.48 Å². The lowest BCUT2D eigenvalue weighted by Crippen LogP contribution is -2.10. The van der Waals surface area contributed by atoms with E-state index in [-0.39, 0.29) is 0 Å². The van der Waals surface area contributed by atoms with Crippen LogP contribution in [0.5, 0.6) is 17.4 Å².